The first-order valence-electron chi connectivity index (χ1n) is 5.38. The van der Waals surface area contributed by atoms with E-state index in [1.807, 2.05) is 0 Å². The summed E-state index contributed by atoms with van der Waals surface area (Å²) in [5.74, 6) is 0.578. The molecule has 1 aromatic carbocycles. The highest BCUT2D eigenvalue weighted by Crippen LogP contribution is 2.24. The van der Waals surface area contributed by atoms with Crippen LogP contribution in [0.1, 0.15) is 0 Å². The summed E-state index contributed by atoms with van der Waals surface area (Å²) in [7, 11) is 0. The van der Waals surface area contributed by atoms with Crippen LogP contribution in [-0.2, 0) is 0 Å². The van der Waals surface area contributed by atoms with Crippen LogP contribution in [0, 0.1) is 5.82 Å². The zero-order chi connectivity index (χ0) is 12.8. The van der Waals surface area contributed by atoms with E-state index in [2.05, 4.69) is 4.98 Å². The number of halogens is 2. The van der Waals surface area contributed by atoms with Crippen LogP contribution in [-0.4, -0.2) is 17.3 Å². The van der Waals surface area contributed by atoms with Crippen LogP contribution in [0.2, 0.25) is 5.02 Å². The molecule has 5 heteroatoms. The molecule has 0 aliphatic carbocycles. The van der Waals surface area contributed by atoms with Crippen molar-refractivity contribution in [3.8, 4) is 5.75 Å². The molecule has 1 heterocycles. The molecule has 1 aromatic heterocycles. The standard InChI is InChI=1S/C13H11ClFNOS/c14-10-4-3-7-16-13(10)18-9-8-17-12-6-2-1-5-11(12)15/h1-7H,8-9H2. The lowest BCUT2D eigenvalue weighted by Gasteiger charge is -2.06. The first-order chi connectivity index (χ1) is 8.77. The molecule has 0 aliphatic rings. The Balaban J connectivity index is 1.80. The predicted molar refractivity (Wildman–Crippen MR) is 71.9 cm³/mol. The number of thioether (sulfide) groups is 1. The lowest BCUT2D eigenvalue weighted by atomic mass is 10.3. The molecular formula is C13H11ClFNOS. The van der Waals surface area contributed by atoms with Crippen LogP contribution in [0.4, 0.5) is 4.39 Å². The quantitative estimate of drug-likeness (QED) is 0.611. The fourth-order valence-corrected chi connectivity index (χ4v) is 2.32. The highest BCUT2D eigenvalue weighted by Gasteiger charge is 2.03. The number of benzene rings is 1. The molecule has 0 bridgehead atoms. The van der Waals surface area contributed by atoms with Gasteiger partial charge in [-0.2, -0.15) is 0 Å². The van der Waals surface area contributed by atoms with E-state index in [9.17, 15) is 4.39 Å². The van der Waals surface area contributed by atoms with Crippen LogP contribution in [0.5, 0.6) is 5.75 Å². The first-order valence-corrected chi connectivity index (χ1v) is 6.74. The SMILES string of the molecule is Fc1ccccc1OCCSc1ncccc1Cl. The Kier molecular flexibility index (Phi) is 4.84. The molecule has 0 saturated heterocycles. The van der Waals surface area contributed by atoms with Crippen LogP contribution < -0.4 is 4.74 Å². The number of hydrogen-bond acceptors (Lipinski definition) is 3. The number of para-hydroxylation sites is 1. The zero-order valence-electron chi connectivity index (χ0n) is 9.48. The van der Waals surface area contributed by atoms with Gasteiger partial charge in [0.1, 0.15) is 5.03 Å². The van der Waals surface area contributed by atoms with E-state index in [1.54, 1.807) is 36.5 Å². The van der Waals surface area contributed by atoms with E-state index >= 15 is 0 Å². The molecule has 0 aliphatic heterocycles. The van der Waals surface area contributed by atoms with E-state index in [0.717, 1.165) is 5.03 Å². The van der Waals surface area contributed by atoms with Crippen molar-refractivity contribution in [1.82, 2.24) is 4.98 Å². The zero-order valence-corrected chi connectivity index (χ0v) is 11.0. The molecule has 0 N–H and O–H groups in total. The van der Waals surface area contributed by atoms with E-state index in [-0.39, 0.29) is 11.6 Å². The largest absolute Gasteiger partial charge is 0.490 e. The summed E-state index contributed by atoms with van der Waals surface area (Å²) in [6.45, 7) is 0.401. The maximum absolute atomic E-state index is 13.2. The molecule has 2 aromatic rings. The third kappa shape index (κ3) is 3.62. The predicted octanol–water partition coefficient (Wildman–Crippen LogP) is 4.05. The second-order valence-corrected chi connectivity index (χ2v) is 4.91. The van der Waals surface area contributed by atoms with Gasteiger partial charge in [0.2, 0.25) is 0 Å². The summed E-state index contributed by atoms with van der Waals surface area (Å²) in [5, 5.41) is 1.38. The number of rotatable bonds is 5. The number of ether oxygens (including phenoxy) is 1. The van der Waals surface area contributed by atoms with Gasteiger partial charge in [-0.15, -0.1) is 11.8 Å². The average Bonchev–Trinajstić information content (AvgIpc) is 2.38. The lowest BCUT2D eigenvalue weighted by molar-refractivity contribution is 0.325. The Bertz CT molecular complexity index is 476. The average molecular weight is 284 g/mol. The fraction of sp³-hybridized carbons (Fsp3) is 0.154. The van der Waals surface area contributed by atoms with Crippen molar-refractivity contribution < 1.29 is 9.13 Å². The number of aromatic nitrogens is 1. The topological polar surface area (TPSA) is 22.1 Å². The van der Waals surface area contributed by atoms with Gasteiger partial charge in [0.05, 0.1) is 11.6 Å². The summed E-state index contributed by atoms with van der Waals surface area (Å²) in [6, 6.07) is 9.91. The minimum Gasteiger partial charge on any atom is -0.490 e. The van der Waals surface area contributed by atoms with Gasteiger partial charge in [-0.3, -0.25) is 0 Å². The molecule has 0 fully saturated rings. The smallest absolute Gasteiger partial charge is 0.165 e. The first kappa shape index (κ1) is 13.2. The second kappa shape index (κ2) is 6.61. The molecule has 0 unspecified atom stereocenters. The summed E-state index contributed by atoms with van der Waals surface area (Å²) >= 11 is 7.44. The van der Waals surface area contributed by atoms with Gasteiger partial charge < -0.3 is 4.74 Å². The van der Waals surface area contributed by atoms with Crippen molar-refractivity contribution in [3.05, 3.63) is 53.4 Å². The molecule has 18 heavy (non-hydrogen) atoms. The Morgan fingerprint density at radius 3 is 2.83 bits per heavy atom. The lowest BCUT2D eigenvalue weighted by Crippen LogP contribution is -2.01. The summed E-state index contributed by atoms with van der Waals surface area (Å²) in [5.41, 5.74) is 0. The molecular weight excluding hydrogens is 273 g/mol. The molecule has 0 saturated carbocycles. The van der Waals surface area contributed by atoms with Crippen molar-refractivity contribution in [1.29, 1.82) is 0 Å². The van der Waals surface area contributed by atoms with Crippen molar-refractivity contribution in [2.75, 3.05) is 12.4 Å². The molecule has 94 valence electrons. The van der Waals surface area contributed by atoms with Crippen molar-refractivity contribution >= 4 is 23.4 Å². The maximum atomic E-state index is 13.2. The van der Waals surface area contributed by atoms with Gasteiger partial charge in [-0.1, -0.05) is 23.7 Å². The normalized spacial score (nSPS) is 10.3. The van der Waals surface area contributed by atoms with E-state index < -0.39 is 0 Å². The Morgan fingerprint density at radius 1 is 1.22 bits per heavy atom. The van der Waals surface area contributed by atoms with Crippen molar-refractivity contribution in [3.63, 3.8) is 0 Å². The van der Waals surface area contributed by atoms with Gasteiger partial charge in [0, 0.05) is 11.9 Å². The van der Waals surface area contributed by atoms with Gasteiger partial charge >= 0.3 is 0 Å². The molecule has 2 rings (SSSR count). The maximum Gasteiger partial charge on any atom is 0.165 e. The molecule has 0 atom stereocenters. The van der Waals surface area contributed by atoms with Crippen LogP contribution >= 0.6 is 23.4 Å². The highest BCUT2D eigenvalue weighted by molar-refractivity contribution is 7.99. The van der Waals surface area contributed by atoms with Gasteiger partial charge in [-0.25, -0.2) is 9.37 Å². The van der Waals surface area contributed by atoms with Crippen LogP contribution in [0.15, 0.2) is 47.6 Å². The van der Waals surface area contributed by atoms with E-state index in [0.29, 0.717) is 17.4 Å². The Hall–Kier alpha value is -1.26. The minimum absolute atomic E-state index is 0.269. The van der Waals surface area contributed by atoms with E-state index in [1.165, 1.54) is 17.8 Å². The van der Waals surface area contributed by atoms with Gasteiger partial charge in [0.15, 0.2) is 11.6 Å². The number of pyridine rings is 1. The number of nitrogens with zero attached hydrogens (tertiary/aromatic N) is 1. The van der Waals surface area contributed by atoms with Crippen LogP contribution in [0.25, 0.3) is 0 Å². The molecule has 2 nitrogen and oxygen atoms in total. The number of hydrogen-bond donors (Lipinski definition) is 0. The van der Waals surface area contributed by atoms with E-state index in [4.69, 9.17) is 16.3 Å². The van der Waals surface area contributed by atoms with Gasteiger partial charge in [-0.05, 0) is 24.3 Å². The summed E-state index contributed by atoms with van der Waals surface area (Å²) in [6.07, 6.45) is 1.69. The van der Waals surface area contributed by atoms with Crippen molar-refractivity contribution in [2.24, 2.45) is 0 Å². The van der Waals surface area contributed by atoms with Crippen molar-refractivity contribution in [2.45, 2.75) is 5.03 Å². The molecule has 0 radical (unpaired) electrons. The Labute approximate surface area is 114 Å². The highest BCUT2D eigenvalue weighted by atomic mass is 35.5. The van der Waals surface area contributed by atoms with Gasteiger partial charge in [0.25, 0.3) is 0 Å². The second-order valence-electron chi connectivity index (χ2n) is 3.42. The third-order valence-electron chi connectivity index (χ3n) is 2.14. The summed E-state index contributed by atoms with van der Waals surface area (Å²) < 4.78 is 18.6. The van der Waals surface area contributed by atoms with Crippen LogP contribution in [0.3, 0.4) is 0 Å². The molecule has 0 amide bonds. The monoisotopic (exact) mass is 283 g/mol. The third-order valence-corrected chi connectivity index (χ3v) is 3.53. The fourth-order valence-electron chi connectivity index (χ4n) is 1.33. The molecule has 0 spiro atoms. The Morgan fingerprint density at radius 2 is 2.06 bits per heavy atom. The minimum atomic E-state index is -0.349. The summed E-state index contributed by atoms with van der Waals surface area (Å²) in [4.78, 5) is 4.14.